The molecule has 2 rings (SSSR count). The quantitative estimate of drug-likeness (QED) is 0.434. The molecule has 1 aromatic heterocycles. The van der Waals surface area contributed by atoms with Crippen molar-refractivity contribution in [2.75, 3.05) is 0 Å². The van der Waals surface area contributed by atoms with Crippen molar-refractivity contribution in [1.82, 2.24) is 20.2 Å². The van der Waals surface area contributed by atoms with Crippen molar-refractivity contribution >= 4 is 11.7 Å². The molecular weight excluding hydrogens is 232 g/mol. The summed E-state index contributed by atoms with van der Waals surface area (Å²) in [7, 11) is 0. The fourth-order valence-corrected chi connectivity index (χ4v) is 1.33. The summed E-state index contributed by atoms with van der Waals surface area (Å²) in [5, 5.41) is 18.4. The summed E-state index contributed by atoms with van der Waals surface area (Å²) in [6, 6.07) is 7.52. The first-order valence-corrected chi connectivity index (χ1v) is 5.14. The van der Waals surface area contributed by atoms with E-state index < -0.39 is 0 Å². The third-order valence-corrected chi connectivity index (χ3v) is 2.21. The van der Waals surface area contributed by atoms with Crippen LogP contribution in [0.5, 0.6) is 0 Å². The van der Waals surface area contributed by atoms with Gasteiger partial charge in [0.05, 0.1) is 11.4 Å². The van der Waals surface area contributed by atoms with Gasteiger partial charge in [-0.15, -0.1) is 10.2 Å². The molecule has 0 amide bonds. The van der Waals surface area contributed by atoms with E-state index in [0.717, 1.165) is 11.3 Å². The minimum absolute atomic E-state index is 0.0698. The molecule has 0 aliphatic heterocycles. The van der Waals surface area contributed by atoms with Crippen LogP contribution in [0.25, 0.3) is 5.69 Å². The molecule has 1 heterocycles. The number of rotatable bonds is 3. The van der Waals surface area contributed by atoms with Gasteiger partial charge in [0, 0.05) is 0 Å². The van der Waals surface area contributed by atoms with Crippen molar-refractivity contribution in [3.05, 3.63) is 36.2 Å². The fraction of sp³-hybridized carbons (Fsp3) is 0.100. The Bertz CT molecular complexity index is 562. The average molecular weight is 244 g/mol. The molecule has 0 radical (unpaired) electrons. The van der Waals surface area contributed by atoms with Crippen molar-refractivity contribution in [1.29, 1.82) is 0 Å². The van der Waals surface area contributed by atoms with E-state index in [4.69, 9.17) is 11.5 Å². The maximum absolute atomic E-state index is 5.20. The predicted octanol–water partition coefficient (Wildman–Crippen LogP) is -0.340. The first-order valence-electron chi connectivity index (χ1n) is 5.14. The van der Waals surface area contributed by atoms with Gasteiger partial charge in [0.1, 0.15) is 6.33 Å². The Labute approximate surface area is 103 Å². The summed E-state index contributed by atoms with van der Waals surface area (Å²) in [4.78, 5) is 0. The van der Waals surface area contributed by atoms with Crippen molar-refractivity contribution in [3.63, 3.8) is 0 Å². The maximum Gasteiger partial charge on any atom is 0.211 e. The van der Waals surface area contributed by atoms with Gasteiger partial charge in [0.25, 0.3) is 0 Å². The Balaban J connectivity index is 2.23. The Morgan fingerprint density at radius 3 is 2.44 bits per heavy atom. The lowest BCUT2D eigenvalue weighted by Crippen LogP contribution is -2.22. The van der Waals surface area contributed by atoms with Crippen molar-refractivity contribution in [2.45, 2.75) is 6.92 Å². The van der Waals surface area contributed by atoms with E-state index in [2.05, 4.69) is 25.7 Å². The molecule has 8 nitrogen and oxygen atoms in total. The van der Waals surface area contributed by atoms with E-state index in [-0.39, 0.29) is 5.96 Å². The summed E-state index contributed by atoms with van der Waals surface area (Å²) in [5.74, 6) is -0.0698. The summed E-state index contributed by atoms with van der Waals surface area (Å²) in [5.41, 5.74) is 12.9. The van der Waals surface area contributed by atoms with Gasteiger partial charge in [0.2, 0.25) is 5.96 Å². The normalized spacial score (nSPS) is 11.3. The van der Waals surface area contributed by atoms with E-state index in [1.807, 2.05) is 31.2 Å². The highest BCUT2D eigenvalue weighted by atomic mass is 15.5. The van der Waals surface area contributed by atoms with Crippen LogP contribution in [0, 0.1) is 0 Å². The molecule has 2 aromatic rings. The first kappa shape index (κ1) is 11.7. The molecule has 1 aromatic carbocycles. The highest BCUT2D eigenvalue weighted by Crippen LogP contribution is 2.08. The molecule has 0 fully saturated rings. The molecule has 0 atom stereocenters. The van der Waals surface area contributed by atoms with Gasteiger partial charge in [-0.2, -0.15) is 5.10 Å². The molecule has 8 heteroatoms. The van der Waals surface area contributed by atoms with Crippen LogP contribution in [0.4, 0.5) is 0 Å². The van der Waals surface area contributed by atoms with Crippen molar-refractivity contribution in [2.24, 2.45) is 21.7 Å². The van der Waals surface area contributed by atoms with Crippen LogP contribution in [0.1, 0.15) is 12.5 Å². The Hall–Kier alpha value is -2.77. The third-order valence-electron chi connectivity index (χ3n) is 2.21. The lowest BCUT2D eigenvalue weighted by atomic mass is 10.1. The standard InChI is InChI=1S/C10H12N8/c1-7(14-15-10(11)12)8-2-4-9(5-3-8)18-6-13-16-17-18/h2-6H,1H3,(H4,11,12,15)/b14-7+. The molecule has 0 saturated carbocycles. The summed E-state index contributed by atoms with van der Waals surface area (Å²) in [6.45, 7) is 1.82. The maximum atomic E-state index is 5.20. The molecular formula is C10H12N8. The van der Waals surface area contributed by atoms with E-state index in [0.29, 0.717) is 5.71 Å². The summed E-state index contributed by atoms with van der Waals surface area (Å²) >= 11 is 0. The zero-order chi connectivity index (χ0) is 13.0. The number of guanidine groups is 1. The van der Waals surface area contributed by atoms with Gasteiger partial charge in [0.15, 0.2) is 0 Å². The summed E-state index contributed by atoms with van der Waals surface area (Å²) < 4.78 is 1.56. The SMILES string of the molecule is C/C(=N\N=C(N)N)c1ccc(-n2cnnn2)cc1. The molecule has 0 aliphatic carbocycles. The van der Waals surface area contributed by atoms with E-state index in [9.17, 15) is 0 Å². The number of hydrogen-bond acceptors (Lipinski definition) is 5. The minimum Gasteiger partial charge on any atom is -0.369 e. The Morgan fingerprint density at radius 1 is 1.17 bits per heavy atom. The molecule has 18 heavy (non-hydrogen) atoms. The van der Waals surface area contributed by atoms with Gasteiger partial charge >= 0.3 is 0 Å². The van der Waals surface area contributed by atoms with Gasteiger partial charge in [-0.25, -0.2) is 4.68 Å². The highest BCUT2D eigenvalue weighted by Gasteiger charge is 2.00. The van der Waals surface area contributed by atoms with Gasteiger partial charge in [-0.1, -0.05) is 12.1 Å². The predicted molar refractivity (Wildman–Crippen MR) is 67.2 cm³/mol. The number of tetrazole rings is 1. The summed E-state index contributed by atoms with van der Waals surface area (Å²) in [6.07, 6.45) is 1.52. The molecule has 0 bridgehead atoms. The van der Waals surface area contributed by atoms with Crippen LogP contribution in [0.3, 0.4) is 0 Å². The molecule has 0 unspecified atom stereocenters. The van der Waals surface area contributed by atoms with Gasteiger partial charge in [-0.05, 0) is 35.0 Å². The van der Waals surface area contributed by atoms with Crippen LogP contribution in [-0.4, -0.2) is 31.9 Å². The fourth-order valence-electron chi connectivity index (χ4n) is 1.33. The van der Waals surface area contributed by atoms with Crippen LogP contribution in [0.2, 0.25) is 0 Å². The molecule has 92 valence electrons. The highest BCUT2D eigenvalue weighted by molar-refractivity contribution is 5.99. The van der Waals surface area contributed by atoms with Crippen LogP contribution >= 0.6 is 0 Å². The topological polar surface area (TPSA) is 120 Å². The molecule has 0 spiro atoms. The molecule has 4 N–H and O–H groups in total. The molecule has 0 aliphatic rings. The second-order valence-electron chi connectivity index (χ2n) is 3.51. The first-order chi connectivity index (χ1) is 8.66. The van der Waals surface area contributed by atoms with Crippen molar-refractivity contribution < 1.29 is 0 Å². The van der Waals surface area contributed by atoms with Crippen molar-refractivity contribution in [3.8, 4) is 5.69 Å². The lowest BCUT2D eigenvalue weighted by Gasteiger charge is -2.02. The third kappa shape index (κ3) is 2.67. The number of aromatic nitrogens is 4. The zero-order valence-electron chi connectivity index (χ0n) is 9.72. The van der Waals surface area contributed by atoms with Crippen LogP contribution in [0.15, 0.2) is 40.8 Å². The number of nitrogens with zero attached hydrogens (tertiary/aromatic N) is 6. The largest absolute Gasteiger partial charge is 0.369 e. The van der Waals surface area contributed by atoms with E-state index in [1.165, 1.54) is 6.33 Å². The van der Waals surface area contributed by atoms with Crippen LogP contribution < -0.4 is 11.5 Å². The minimum atomic E-state index is -0.0698. The zero-order valence-corrected chi connectivity index (χ0v) is 9.72. The van der Waals surface area contributed by atoms with Gasteiger partial charge in [-0.3, -0.25) is 0 Å². The Kier molecular flexibility index (Phi) is 3.28. The average Bonchev–Trinajstić information content (AvgIpc) is 2.90. The second-order valence-corrected chi connectivity index (χ2v) is 3.51. The number of benzene rings is 1. The van der Waals surface area contributed by atoms with Crippen LogP contribution in [-0.2, 0) is 0 Å². The smallest absolute Gasteiger partial charge is 0.211 e. The van der Waals surface area contributed by atoms with E-state index in [1.54, 1.807) is 4.68 Å². The lowest BCUT2D eigenvalue weighted by molar-refractivity contribution is 0.789. The second kappa shape index (κ2) is 5.04. The Morgan fingerprint density at radius 2 is 1.89 bits per heavy atom. The number of nitrogens with two attached hydrogens (primary N) is 2. The monoisotopic (exact) mass is 244 g/mol. The molecule has 0 saturated heterocycles. The number of hydrogen-bond donors (Lipinski definition) is 2. The van der Waals surface area contributed by atoms with Gasteiger partial charge < -0.3 is 11.5 Å². The van der Waals surface area contributed by atoms with E-state index >= 15 is 0 Å².